The van der Waals surface area contributed by atoms with Crippen LogP contribution in [0.4, 0.5) is 0 Å². The molecule has 1 amide bonds. The van der Waals surface area contributed by atoms with E-state index in [2.05, 4.69) is 5.32 Å². The maximum Gasteiger partial charge on any atom is 0.336 e. The van der Waals surface area contributed by atoms with E-state index in [4.69, 9.17) is 4.74 Å². The first-order valence-electron chi connectivity index (χ1n) is 8.00. The fourth-order valence-corrected chi connectivity index (χ4v) is 2.55. The van der Waals surface area contributed by atoms with Gasteiger partial charge < -0.3 is 10.1 Å². The van der Waals surface area contributed by atoms with Crippen LogP contribution in [0.15, 0.2) is 60.7 Å². The number of hydrogen-bond acceptors (Lipinski definition) is 4. The Morgan fingerprint density at radius 3 is 2.04 bits per heavy atom. The normalized spacial score (nSPS) is 12.7. The lowest BCUT2D eigenvalue weighted by molar-refractivity contribution is -0.150. The van der Waals surface area contributed by atoms with Gasteiger partial charge in [-0.1, -0.05) is 60.7 Å². The van der Waals surface area contributed by atoms with Gasteiger partial charge in [-0.25, -0.2) is 4.79 Å². The summed E-state index contributed by atoms with van der Waals surface area (Å²) in [6.45, 7) is 1.59. The van der Waals surface area contributed by atoms with Gasteiger partial charge in [0.25, 0.3) is 0 Å². The third-order valence-corrected chi connectivity index (χ3v) is 4.01. The Morgan fingerprint density at radius 1 is 0.920 bits per heavy atom. The Kier molecular flexibility index (Phi) is 6.06. The van der Waals surface area contributed by atoms with Crippen molar-refractivity contribution in [3.63, 3.8) is 0 Å². The molecule has 0 spiro atoms. The minimum atomic E-state index is -1.30. The van der Waals surface area contributed by atoms with E-state index in [1.807, 2.05) is 12.1 Å². The average molecular weight is 339 g/mol. The van der Waals surface area contributed by atoms with E-state index in [1.54, 1.807) is 55.5 Å². The van der Waals surface area contributed by atoms with Gasteiger partial charge in [0.2, 0.25) is 5.91 Å². The first-order valence-corrected chi connectivity index (χ1v) is 8.00. The molecule has 0 aliphatic rings. The van der Waals surface area contributed by atoms with E-state index in [-0.39, 0.29) is 24.5 Å². The molecule has 2 rings (SSSR count). The highest BCUT2D eigenvalue weighted by Gasteiger charge is 2.37. The van der Waals surface area contributed by atoms with Gasteiger partial charge in [0.15, 0.2) is 11.3 Å². The minimum Gasteiger partial charge on any atom is -0.467 e. The molecule has 2 aromatic carbocycles. The number of hydrogen-bond donors (Lipinski definition) is 1. The van der Waals surface area contributed by atoms with E-state index < -0.39 is 11.5 Å². The van der Waals surface area contributed by atoms with Crippen molar-refractivity contribution in [1.29, 1.82) is 0 Å². The second-order valence-electron chi connectivity index (χ2n) is 5.82. The van der Waals surface area contributed by atoms with Gasteiger partial charge in [-0.2, -0.15) is 0 Å². The van der Waals surface area contributed by atoms with Crippen molar-refractivity contribution in [2.45, 2.75) is 25.3 Å². The number of rotatable bonds is 7. The molecule has 25 heavy (non-hydrogen) atoms. The van der Waals surface area contributed by atoms with Crippen LogP contribution in [0.5, 0.6) is 0 Å². The molecule has 0 saturated heterocycles. The van der Waals surface area contributed by atoms with E-state index in [1.165, 1.54) is 7.11 Å². The predicted octanol–water partition coefficient (Wildman–Crippen LogP) is 2.85. The molecule has 1 N–H and O–H groups in total. The SMILES string of the molecule is COC(=O)C(C)(NC(=O)CCC(=O)c1ccccc1)c1ccccc1. The van der Waals surface area contributed by atoms with Gasteiger partial charge in [-0.15, -0.1) is 0 Å². The van der Waals surface area contributed by atoms with E-state index in [9.17, 15) is 14.4 Å². The molecule has 2 aromatic rings. The molecule has 5 nitrogen and oxygen atoms in total. The molecule has 1 unspecified atom stereocenters. The Bertz CT molecular complexity index is 743. The third kappa shape index (κ3) is 4.53. The summed E-state index contributed by atoms with van der Waals surface area (Å²) in [7, 11) is 1.27. The Morgan fingerprint density at radius 2 is 1.48 bits per heavy atom. The summed E-state index contributed by atoms with van der Waals surface area (Å²) in [5, 5.41) is 2.70. The standard InChI is InChI=1S/C20H21NO4/c1-20(19(24)25-2,16-11-7-4-8-12-16)21-18(23)14-13-17(22)15-9-5-3-6-10-15/h3-12H,13-14H2,1-2H3,(H,21,23). The van der Waals surface area contributed by atoms with Crippen molar-refractivity contribution in [3.05, 3.63) is 71.8 Å². The number of carbonyl (C=O) groups is 3. The summed E-state index contributed by atoms with van der Waals surface area (Å²) in [6, 6.07) is 17.7. The molecule has 0 aliphatic heterocycles. The van der Waals surface area contributed by atoms with Crippen molar-refractivity contribution < 1.29 is 19.1 Å². The molecule has 0 radical (unpaired) electrons. The van der Waals surface area contributed by atoms with E-state index in [0.29, 0.717) is 11.1 Å². The molecule has 130 valence electrons. The van der Waals surface area contributed by atoms with Crippen molar-refractivity contribution in [2.75, 3.05) is 7.11 Å². The van der Waals surface area contributed by atoms with E-state index in [0.717, 1.165) is 0 Å². The summed E-state index contributed by atoms with van der Waals surface area (Å²) in [5.74, 6) is -1.07. The van der Waals surface area contributed by atoms with Crippen molar-refractivity contribution in [2.24, 2.45) is 0 Å². The second-order valence-corrected chi connectivity index (χ2v) is 5.82. The number of ketones is 1. The number of carbonyl (C=O) groups excluding carboxylic acids is 3. The van der Waals surface area contributed by atoms with Crippen molar-refractivity contribution in [3.8, 4) is 0 Å². The number of esters is 1. The summed E-state index contributed by atoms with van der Waals surface area (Å²) >= 11 is 0. The Hall–Kier alpha value is -2.95. The molecule has 0 heterocycles. The van der Waals surface area contributed by atoms with Crippen molar-refractivity contribution in [1.82, 2.24) is 5.32 Å². The lowest BCUT2D eigenvalue weighted by Crippen LogP contribution is -2.50. The fraction of sp³-hybridized carbons (Fsp3) is 0.250. The third-order valence-electron chi connectivity index (χ3n) is 4.01. The molecule has 5 heteroatoms. The van der Waals surface area contributed by atoms with Crippen LogP contribution in [0.2, 0.25) is 0 Å². The highest BCUT2D eigenvalue weighted by molar-refractivity contribution is 5.98. The smallest absolute Gasteiger partial charge is 0.336 e. The lowest BCUT2D eigenvalue weighted by Gasteiger charge is -2.28. The minimum absolute atomic E-state index is 0.00680. The van der Waals surface area contributed by atoms with Crippen LogP contribution in [0.25, 0.3) is 0 Å². The van der Waals surface area contributed by atoms with E-state index >= 15 is 0 Å². The van der Waals surface area contributed by atoms with Gasteiger partial charge in [0.05, 0.1) is 7.11 Å². The summed E-state index contributed by atoms with van der Waals surface area (Å²) in [4.78, 5) is 36.6. The molecule has 0 aliphatic carbocycles. The van der Waals surface area contributed by atoms with Crippen LogP contribution in [0.3, 0.4) is 0 Å². The molecular formula is C20H21NO4. The predicted molar refractivity (Wildman–Crippen MR) is 94.0 cm³/mol. The molecule has 0 bridgehead atoms. The Labute approximate surface area is 147 Å². The van der Waals surface area contributed by atoms with Crippen LogP contribution >= 0.6 is 0 Å². The number of Topliss-reactive ketones (excluding diaryl/α,β-unsaturated/α-hetero) is 1. The molecule has 0 saturated carbocycles. The topological polar surface area (TPSA) is 72.5 Å². The zero-order valence-electron chi connectivity index (χ0n) is 14.3. The first-order chi connectivity index (χ1) is 12.0. The first kappa shape index (κ1) is 18.4. The van der Waals surface area contributed by atoms with Crippen LogP contribution < -0.4 is 5.32 Å². The molecule has 0 aromatic heterocycles. The van der Waals surface area contributed by atoms with Crippen LogP contribution in [-0.4, -0.2) is 24.8 Å². The van der Waals surface area contributed by atoms with Gasteiger partial charge in [-0.3, -0.25) is 9.59 Å². The fourth-order valence-electron chi connectivity index (χ4n) is 2.55. The Balaban J connectivity index is 2.05. The van der Waals surface area contributed by atoms with Crippen LogP contribution in [0.1, 0.15) is 35.7 Å². The number of amides is 1. The highest BCUT2D eigenvalue weighted by Crippen LogP contribution is 2.22. The number of nitrogens with one attached hydrogen (secondary N) is 1. The maximum absolute atomic E-state index is 12.3. The lowest BCUT2D eigenvalue weighted by atomic mass is 9.91. The highest BCUT2D eigenvalue weighted by atomic mass is 16.5. The zero-order valence-corrected chi connectivity index (χ0v) is 14.3. The van der Waals surface area contributed by atoms with Gasteiger partial charge in [0, 0.05) is 18.4 Å². The molecular weight excluding hydrogens is 318 g/mol. The number of benzene rings is 2. The second kappa shape index (κ2) is 8.24. The monoisotopic (exact) mass is 339 g/mol. The summed E-state index contributed by atoms with van der Waals surface area (Å²) in [6.07, 6.45) is 0.0645. The summed E-state index contributed by atoms with van der Waals surface area (Å²) < 4.78 is 4.84. The zero-order chi connectivity index (χ0) is 18.3. The quantitative estimate of drug-likeness (QED) is 0.622. The van der Waals surface area contributed by atoms with Crippen molar-refractivity contribution >= 4 is 17.7 Å². The van der Waals surface area contributed by atoms with Gasteiger partial charge >= 0.3 is 5.97 Å². The van der Waals surface area contributed by atoms with Gasteiger partial charge in [0.1, 0.15) is 0 Å². The summed E-state index contributed by atoms with van der Waals surface area (Å²) in [5.41, 5.74) is -0.123. The number of methoxy groups -OCH3 is 1. The van der Waals surface area contributed by atoms with Crippen LogP contribution in [-0.2, 0) is 19.9 Å². The largest absolute Gasteiger partial charge is 0.467 e. The van der Waals surface area contributed by atoms with Gasteiger partial charge in [-0.05, 0) is 12.5 Å². The maximum atomic E-state index is 12.3. The average Bonchev–Trinajstić information content (AvgIpc) is 2.66. The molecule has 0 fully saturated rings. The van der Waals surface area contributed by atoms with Crippen LogP contribution in [0, 0.1) is 0 Å². The molecule has 1 atom stereocenters. The number of ether oxygens (including phenoxy) is 1.